The van der Waals surface area contributed by atoms with Gasteiger partial charge in [0.25, 0.3) is 0 Å². The molecule has 0 saturated carbocycles. The Kier molecular flexibility index (Phi) is 23.9. The summed E-state index contributed by atoms with van der Waals surface area (Å²) in [7, 11) is 0. The number of imidazole rings is 3. The van der Waals surface area contributed by atoms with Crippen molar-refractivity contribution < 1.29 is 48.3 Å². The molecule has 80 heavy (non-hydrogen) atoms. The number of aliphatic carboxylic acids is 1. The molecule has 4 heterocycles. The maximum atomic E-state index is 14.7. The zero-order valence-corrected chi connectivity index (χ0v) is 46.9. The number of rotatable bonds is 31. The SMILES string of the molecule is CC[C@H](C)[C@H](N)C(=O)N[C@@H](Cc1c[nH]cn1)C(=O)N1CCC[C@H]1C(=O)N[C@@H](Cc1ccccc1)C(=O)N[C@@H](Cc1c[nH]cn1)C(=O)N[C@@H](CC(C)C)C(=O)N[C@H](C(=O)N[C@H](C(=O)N[C@@H](Cc1c[nH]cn1)C(=O)O)[C@@H](C)CC)C(C)C. The molecule has 0 radical (unpaired) electrons. The number of carbonyl (C=O) groups is 9. The predicted molar refractivity (Wildman–Crippen MR) is 294 cm³/mol. The Bertz CT molecular complexity index is 2650. The number of hydrogen-bond acceptors (Lipinski definition) is 13. The van der Waals surface area contributed by atoms with Crippen LogP contribution < -0.4 is 43.0 Å². The number of H-pyrrole nitrogens is 3. The van der Waals surface area contributed by atoms with Gasteiger partial charge in [0.15, 0.2) is 0 Å². The van der Waals surface area contributed by atoms with Gasteiger partial charge in [-0.25, -0.2) is 19.7 Å². The van der Waals surface area contributed by atoms with Crippen molar-refractivity contribution in [1.82, 2.24) is 72.0 Å². The van der Waals surface area contributed by atoms with Gasteiger partial charge in [0.1, 0.15) is 48.3 Å². The third-order valence-electron chi connectivity index (χ3n) is 14.5. The van der Waals surface area contributed by atoms with Gasteiger partial charge >= 0.3 is 5.97 Å². The summed E-state index contributed by atoms with van der Waals surface area (Å²) in [5.41, 5.74) is 8.22. The normalized spacial score (nSPS) is 17.1. The fourth-order valence-corrected chi connectivity index (χ4v) is 9.30. The number of nitrogens with one attached hydrogen (secondary N) is 10. The topological polar surface area (TPSA) is 373 Å². The van der Waals surface area contributed by atoms with Crippen molar-refractivity contribution in [3.63, 3.8) is 0 Å². The summed E-state index contributed by atoms with van der Waals surface area (Å²) >= 11 is 0. The molecule has 5 rings (SSSR count). The Morgan fingerprint density at radius 1 is 0.588 bits per heavy atom. The van der Waals surface area contributed by atoms with E-state index in [1.165, 1.54) is 30.1 Å². The molecule has 25 heteroatoms. The quantitative estimate of drug-likeness (QED) is 0.0331. The first-order valence-electron chi connectivity index (χ1n) is 27.5. The first-order valence-corrected chi connectivity index (χ1v) is 27.5. The van der Waals surface area contributed by atoms with Gasteiger partial charge in [-0.2, -0.15) is 0 Å². The number of aromatic amines is 3. The van der Waals surface area contributed by atoms with Crippen molar-refractivity contribution in [1.29, 1.82) is 0 Å². The smallest absolute Gasteiger partial charge is 0.326 e. The van der Waals surface area contributed by atoms with E-state index >= 15 is 0 Å². The summed E-state index contributed by atoms with van der Waals surface area (Å²) in [4.78, 5) is 148. The Morgan fingerprint density at radius 3 is 1.57 bits per heavy atom. The number of nitrogens with zero attached hydrogens (tertiary/aromatic N) is 4. The van der Waals surface area contributed by atoms with E-state index in [1.807, 2.05) is 34.6 Å². The molecule has 1 aromatic carbocycles. The number of hydrogen-bond donors (Lipinski definition) is 12. The second kappa shape index (κ2) is 30.4. The first-order chi connectivity index (χ1) is 38.1. The van der Waals surface area contributed by atoms with Crippen LogP contribution in [0.5, 0.6) is 0 Å². The van der Waals surface area contributed by atoms with Gasteiger partial charge in [0.2, 0.25) is 47.3 Å². The molecule has 13 N–H and O–H groups in total. The molecule has 11 atom stereocenters. The second-order valence-electron chi connectivity index (χ2n) is 21.5. The van der Waals surface area contributed by atoms with Gasteiger partial charge in [-0.3, -0.25) is 38.4 Å². The lowest BCUT2D eigenvalue weighted by atomic mass is 9.95. The third kappa shape index (κ3) is 18.3. The molecule has 0 spiro atoms. The zero-order chi connectivity index (χ0) is 58.6. The average Bonchev–Trinajstić information content (AvgIpc) is 4.30. The highest BCUT2D eigenvalue weighted by Crippen LogP contribution is 2.21. The second-order valence-corrected chi connectivity index (χ2v) is 21.5. The summed E-state index contributed by atoms with van der Waals surface area (Å²) in [6.07, 6.45) is 10.5. The first kappa shape index (κ1) is 62.9. The highest BCUT2D eigenvalue weighted by atomic mass is 16.4. The highest BCUT2D eigenvalue weighted by Gasteiger charge is 2.41. The maximum absolute atomic E-state index is 14.7. The zero-order valence-electron chi connectivity index (χ0n) is 46.9. The van der Waals surface area contributed by atoms with Crippen molar-refractivity contribution >= 4 is 53.2 Å². The van der Waals surface area contributed by atoms with E-state index in [9.17, 15) is 48.3 Å². The van der Waals surface area contributed by atoms with E-state index in [4.69, 9.17) is 5.73 Å². The van der Waals surface area contributed by atoms with Crippen LogP contribution in [-0.4, -0.2) is 154 Å². The minimum absolute atomic E-state index is 0.0173. The van der Waals surface area contributed by atoms with E-state index < -0.39 is 119 Å². The Morgan fingerprint density at radius 2 is 1.06 bits per heavy atom. The number of amides is 8. The molecular weight excluding hydrogens is 1030 g/mol. The predicted octanol–water partition coefficient (Wildman–Crippen LogP) is 0.717. The highest BCUT2D eigenvalue weighted by molar-refractivity contribution is 5.98. The molecule has 1 aliphatic heterocycles. The number of nitrogens with two attached hydrogens (primary N) is 1. The van der Waals surface area contributed by atoms with Crippen molar-refractivity contribution in [2.45, 2.75) is 168 Å². The van der Waals surface area contributed by atoms with Gasteiger partial charge in [-0.05, 0) is 48.5 Å². The van der Waals surface area contributed by atoms with Crippen LogP contribution in [0.15, 0.2) is 67.9 Å². The van der Waals surface area contributed by atoms with Crippen LogP contribution in [0.2, 0.25) is 0 Å². The molecule has 0 unspecified atom stereocenters. The van der Waals surface area contributed by atoms with E-state index in [2.05, 4.69) is 67.1 Å². The number of carboxylic acids is 1. The molecule has 0 bridgehead atoms. The van der Waals surface area contributed by atoms with Gasteiger partial charge in [0.05, 0.1) is 42.1 Å². The maximum Gasteiger partial charge on any atom is 0.326 e. The van der Waals surface area contributed by atoms with Crippen LogP contribution in [0, 0.1) is 23.7 Å². The standard InChI is InChI=1S/C55H81N15O10/c1-9-32(7)44(56)51(75)66-41(22-36-25-58-28-61-36)54(78)70-18-14-17-43(70)50(74)65-39(20-34-15-12-11-13-16-34)47(71)64-40(21-35-24-57-27-60-35)48(72)63-38(19-30(3)4)49(73)68-45(31(5)6)52(76)69-46(33(8)10-2)53(77)67-42(55(79)80)23-37-26-59-29-62-37/h11-13,15-16,24-33,38-46H,9-10,14,17-23,56H2,1-8H3,(H,57,60)(H,58,61)(H,59,62)(H,63,72)(H,64,71)(H,65,74)(H,66,75)(H,67,77)(H,68,73)(H,69,76)(H,79,80)/t32-,33-,38-,39-,40-,41-,42-,43-,44-,45-,46-/m0/s1. The lowest BCUT2D eigenvalue weighted by Gasteiger charge is -2.31. The fourth-order valence-electron chi connectivity index (χ4n) is 9.30. The molecule has 3 aromatic heterocycles. The fraction of sp³-hybridized carbons (Fsp3) is 0.564. The Labute approximate surface area is 466 Å². The lowest BCUT2D eigenvalue weighted by molar-refractivity contribution is -0.142. The van der Waals surface area contributed by atoms with Gasteiger partial charge < -0.3 is 67.9 Å². The third-order valence-corrected chi connectivity index (χ3v) is 14.5. The number of carbonyl (C=O) groups excluding carboxylic acids is 8. The van der Waals surface area contributed by atoms with Crippen LogP contribution in [0.3, 0.4) is 0 Å². The summed E-state index contributed by atoms with van der Waals surface area (Å²) in [5, 5.41) is 29.2. The van der Waals surface area contributed by atoms with Gasteiger partial charge in [-0.1, -0.05) is 98.6 Å². The van der Waals surface area contributed by atoms with Crippen LogP contribution in [-0.2, 0) is 68.8 Å². The molecular formula is C55H81N15O10. The van der Waals surface area contributed by atoms with Gasteiger partial charge in [0, 0.05) is 50.8 Å². The van der Waals surface area contributed by atoms with Crippen molar-refractivity contribution in [3.05, 3.63) is 90.5 Å². The molecule has 436 valence electrons. The molecule has 4 aromatic rings. The van der Waals surface area contributed by atoms with E-state index in [1.54, 1.807) is 63.5 Å². The van der Waals surface area contributed by atoms with Crippen LogP contribution in [0.25, 0.3) is 0 Å². The molecule has 25 nitrogen and oxygen atoms in total. The summed E-state index contributed by atoms with van der Waals surface area (Å²) < 4.78 is 0. The summed E-state index contributed by atoms with van der Waals surface area (Å²) in [6.45, 7) is 14.5. The summed E-state index contributed by atoms with van der Waals surface area (Å²) in [6, 6.07) is -1.85. The molecule has 8 amide bonds. The van der Waals surface area contributed by atoms with Crippen LogP contribution in [0.1, 0.15) is 110 Å². The van der Waals surface area contributed by atoms with E-state index in [0.29, 0.717) is 41.9 Å². The minimum atomic E-state index is -1.37. The summed E-state index contributed by atoms with van der Waals surface area (Å²) in [5.74, 6) is -8.06. The van der Waals surface area contributed by atoms with Crippen molar-refractivity contribution in [2.24, 2.45) is 29.4 Å². The number of benzene rings is 1. The van der Waals surface area contributed by atoms with Gasteiger partial charge in [-0.15, -0.1) is 0 Å². The molecule has 1 aliphatic rings. The Hall–Kier alpha value is -7.96. The molecule has 1 saturated heterocycles. The number of carboxylic acid groups (broad SMARTS) is 1. The molecule has 1 fully saturated rings. The average molecular weight is 1110 g/mol. The largest absolute Gasteiger partial charge is 0.480 e. The van der Waals surface area contributed by atoms with Crippen molar-refractivity contribution in [3.8, 4) is 0 Å². The van der Waals surface area contributed by atoms with Crippen molar-refractivity contribution in [2.75, 3.05) is 6.54 Å². The number of likely N-dealkylation sites (tertiary alicyclic amines) is 1. The Balaban J connectivity index is 1.35. The molecule has 0 aliphatic carbocycles. The van der Waals surface area contributed by atoms with E-state index in [-0.39, 0.29) is 56.9 Å². The van der Waals surface area contributed by atoms with E-state index in [0.717, 1.165) is 0 Å². The van der Waals surface area contributed by atoms with Crippen LogP contribution in [0.4, 0.5) is 0 Å². The monoisotopic (exact) mass is 1110 g/mol. The number of aromatic nitrogens is 6. The van der Waals surface area contributed by atoms with Crippen LogP contribution >= 0.6 is 0 Å². The minimum Gasteiger partial charge on any atom is -0.480 e. The lowest BCUT2D eigenvalue weighted by Crippen LogP contribution is -2.62.